The first-order valence-corrected chi connectivity index (χ1v) is 7.27. The number of nitrogens with two attached hydrogens (primary N) is 1. The third kappa shape index (κ3) is 3.07. The Balaban J connectivity index is 2.04. The van der Waals surface area contributed by atoms with Gasteiger partial charge in [0.05, 0.1) is 22.5 Å². The van der Waals surface area contributed by atoms with E-state index in [1.807, 2.05) is 6.92 Å². The Labute approximate surface area is 119 Å². The molecular formula is C13H23N3O2S. The van der Waals surface area contributed by atoms with E-state index < -0.39 is 5.54 Å². The zero-order valence-electron chi connectivity index (χ0n) is 11.6. The Morgan fingerprint density at radius 1 is 1.47 bits per heavy atom. The molecule has 6 heteroatoms. The van der Waals surface area contributed by atoms with Crippen molar-refractivity contribution in [2.24, 2.45) is 11.7 Å². The number of nitrogens with one attached hydrogen (secondary N) is 1. The number of ether oxygens (including phenoxy) is 1. The van der Waals surface area contributed by atoms with Gasteiger partial charge in [0.2, 0.25) is 5.91 Å². The second-order valence-corrected chi connectivity index (χ2v) is 6.15. The first kappa shape index (κ1) is 14.7. The van der Waals surface area contributed by atoms with Crippen molar-refractivity contribution >= 4 is 23.1 Å². The quantitative estimate of drug-likeness (QED) is 0.729. The van der Waals surface area contributed by atoms with E-state index in [0.29, 0.717) is 11.6 Å². The maximum absolute atomic E-state index is 12.4. The molecule has 19 heavy (non-hydrogen) atoms. The van der Waals surface area contributed by atoms with E-state index in [9.17, 15) is 4.79 Å². The lowest BCUT2D eigenvalue weighted by molar-refractivity contribution is -0.128. The maximum Gasteiger partial charge on any atom is 0.226 e. The van der Waals surface area contributed by atoms with Gasteiger partial charge in [0.1, 0.15) is 0 Å². The number of amides is 1. The largest absolute Gasteiger partial charge is 0.391 e. The molecule has 1 amide bonds. The summed E-state index contributed by atoms with van der Waals surface area (Å²) in [7, 11) is 2.07. The molecule has 2 aliphatic heterocycles. The Hall–Kier alpha value is -0.720. The zero-order valence-corrected chi connectivity index (χ0v) is 12.5. The fourth-order valence-electron chi connectivity index (χ4n) is 2.84. The summed E-state index contributed by atoms with van der Waals surface area (Å²) in [5.74, 6) is -0.0479. The molecule has 0 aromatic heterocycles. The van der Waals surface area contributed by atoms with Gasteiger partial charge in [-0.3, -0.25) is 4.79 Å². The fourth-order valence-corrected chi connectivity index (χ4v) is 3.09. The van der Waals surface area contributed by atoms with Gasteiger partial charge in [-0.1, -0.05) is 12.2 Å². The predicted octanol–water partition coefficient (Wildman–Crippen LogP) is 0.278. The molecule has 0 aromatic rings. The molecule has 0 radical (unpaired) electrons. The summed E-state index contributed by atoms with van der Waals surface area (Å²) in [5, 5.41) is 3.11. The van der Waals surface area contributed by atoms with Crippen LogP contribution in [0.3, 0.4) is 0 Å². The average molecular weight is 285 g/mol. The number of thiocarbonyl (C=S) groups is 1. The Bertz CT molecular complexity index is 367. The molecule has 0 saturated carbocycles. The highest BCUT2D eigenvalue weighted by Crippen LogP contribution is 2.26. The molecule has 0 spiro atoms. The van der Waals surface area contributed by atoms with Crippen LogP contribution in [-0.4, -0.2) is 54.2 Å². The van der Waals surface area contributed by atoms with Crippen molar-refractivity contribution in [2.45, 2.75) is 37.8 Å². The van der Waals surface area contributed by atoms with Gasteiger partial charge in [0.15, 0.2) is 0 Å². The molecule has 3 N–H and O–H groups in total. The molecular weight excluding hydrogens is 262 g/mol. The number of likely N-dealkylation sites (tertiary alicyclic amines) is 1. The minimum absolute atomic E-state index is 0.0188. The topological polar surface area (TPSA) is 67.6 Å². The van der Waals surface area contributed by atoms with Crippen molar-refractivity contribution in [1.82, 2.24) is 10.2 Å². The molecule has 0 bridgehead atoms. The number of carbonyl (C=O) groups excluding carboxylic acids is 1. The van der Waals surface area contributed by atoms with E-state index in [4.69, 9.17) is 22.7 Å². The molecule has 2 saturated heterocycles. The molecule has 2 heterocycles. The highest BCUT2D eigenvalue weighted by atomic mass is 32.1. The summed E-state index contributed by atoms with van der Waals surface area (Å²) in [6.45, 7) is 4.39. The van der Waals surface area contributed by atoms with Crippen LogP contribution < -0.4 is 11.1 Å². The highest BCUT2D eigenvalue weighted by molar-refractivity contribution is 7.80. The maximum atomic E-state index is 12.4. The molecule has 0 aromatic carbocycles. The molecule has 5 nitrogen and oxygen atoms in total. The van der Waals surface area contributed by atoms with Crippen LogP contribution in [0.25, 0.3) is 0 Å². The molecule has 108 valence electrons. The van der Waals surface area contributed by atoms with Gasteiger partial charge >= 0.3 is 0 Å². The van der Waals surface area contributed by atoms with Crippen LogP contribution in [0, 0.1) is 5.92 Å². The number of rotatable bonds is 3. The summed E-state index contributed by atoms with van der Waals surface area (Å²) in [6, 6.07) is 0. The number of piperidine rings is 1. The molecule has 2 rings (SSSR count). The van der Waals surface area contributed by atoms with Crippen molar-refractivity contribution in [3.05, 3.63) is 0 Å². The van der Waals surface area contributed by atoms with Crippen LogP contribution >= 0.6 is 12.2 Å². The van der Waals surface area contributed by atoms with E-state index >= 15 is 0 Å². The zero-order chi connectivity index (χ0) is 14.0. The van der Waals surface area contributed by atoms with Crippen LogP contribution in [0.5, 0.6) is 0 Å². The monoisotopic (exact) mass is 285 g/mol. The molecule has 2 fully saturated rings. The standard InChI is InChI=1S/C13H23N3O2S/c1-9-10(3-8-18-9)11(17)15-13(12(14)19)4-6-16(2)7-5-13/h9-10H,3-8H2,1-2H3,(H2,14,19)(H,15,17). The minimum atomic E-state index is -0.513. The fraction of sp³-hybridized carbons (Fsp3) is 0.846. The van der Waals surface area contributed by atoms with Crippen molar-refractivity contribution in [1.29, 1.82) is 0 Å². The van der Waals surface area contributed by atoms with Gasteiger partial charge in [-0.25, -0.2) is 0 Å². The lowest BCUT2D eigenvalue weighted by atomic mass is 9.86. The third-order valence-electron chi connectivity index (χ3n) is 4.39. The van der Waals surface area contributed by atoms with Crippen LogP contribution in [0.1, 0.15) is 26.2 Å². The van der Waals surface area contributed by atoms with Gasteiger partial charge in [-0.05, 0) is 33.2 Å². The Kier molecular flexibility index (Phi) is 4.43. The highest BCUT2D eigenvalue weighted by Gasteiger charge is 2.41. The van der Waals surface area contributed by atoms with E-state index in [1.54, 1.807) is 0 Å². The van der Waals surface area contributed by atoms with Gasteiger partial charge in [-0.2, -0.15) is 0 Å². The third-order valence-corrected chi connectivity index (χ3v) is 4.78. The second-order valence-electron chi connectivity index (χ2n) is 5.71. The molecule has 2 aliphatic rings. The first-order valence-electron chi connectivity index (χ1n) is 6.87. The van der Waals surface area contributed by atoms with Crippen LogP contribution in [0.15, 0.2) is 0 Å². The van der Waals surface area contributed by atoms with Gasteiger partial charge < -0.3 is 20.7 Å². The normalized spacial score (nSPS) is 31.1. The lowest BCUT2D eigenvalue weighted by Crippen LogP contribution is -2.62. The van der Waals surface area contributed by atoms with E-state index in [1.165, 1.54) is 0 Å². The van der Waals surface area contributed by atoms with E-state index in [-0.39, 0.29) is 17.9 Å². The van der Waals surface area contributed by atoms with Crippen molar-refractivity contribution in [3.63, 3.8) is 0 Å². The Morgan fingerprint density at radius 2 is 2.11 bits per heavy atom. The van der Waals surface area contributed by atoms with Gasteiger partial charge in [-0.15, -0.1) is 0 Å². The van der Waals surface area contributed by atoms with Crippen molar-refractivity contribution < 1.29 is 9.53 Å². The number of nitrogens with zero attached hydrogens (tertiary/aromatic N) is 1. The van der Waals surface area contributed by atoms with E-state index in [2.05, 4.69) is 17.3 Å². The van der Waals surface area contributed by atoms with E-state index in [0.717, 1.165) is 32.4 Å². The minimum Gasteiger partial charge on any atom is -0.391 e. The number of hydrogen-bond acceptors (Lipinski definition) is 4. The molecule has 2 atom stereocenters. The lowest BCUT2D eigenvalue weighted by Gasteiger charge is -2.41. The number of hydrogen-bond donors (Lipinski definition) is 2. The summed E-state index contributed by atoms with van der Waals surface area (Å²) in [4.78, 5) is 15.0. The second kappa shape index (κ2) is 5.73. The first-order chi connectivity index (χ1) is 8.94. The smallest absolute Gasteiger partial charge is 0.226 e. The SMILES string of the molecule is CC1OCCC1C(=O)NC1(C(N)=S)CCN(C)CC1. The summed E-state index contributed by atoms with van der Waals surface area (Å²) >= 11 is 5.20. The van der Waals surface area contributed by atoms with Crippen LogP contribution in [-0.2, 0) is 9.53 Å². The van der Waals surface area contributed by atoms with Crippen molar-refractivity contribution in [3.8, 4) is 0 Å². The summed E-state index contributed by atoms with van der Waals surface area (Å²) < 4.78 is 5.45. The van der Waals surface area contributed by atoms with Crippen molar-refractivity contribution in [2.75, 3.05) is 26.7 Å². The predicted molar refractivity (Wildman–Crippen MR) is 77.9 cm³/mol. The summed E-state index contributed by atoms with van der Waals surface area (Å²) in [5.41, 5.74) is 5.38. The van der Waals surface area contributed by atoms with Gasteiger partial charge in [0, 0.05) is 19.7 Å². The van der Waals surface area contributed by atoms with Crippen LogP contribution in [0.2, 0.25) is 0 Å². The summed E-state index contributed by atoms with van der Waals surface area (Å²) in [6.07, 6.45) is 2.33. The molecule has 0 aliphatic carbocycles. The Morgan fingerprint density at radius 3 is 2.58 bits per heavy atom. The molecule has 2 unspecified atom stereocenters. The van der Waals surface area contributed by atoms with Crippen LogP contribution in [0.4, 0.5) is 0 Å². The average Bonchev–Trinajstić information content (AvgIpc) is 2.78. The number of carbonyl (C=O) groups is 1. The van der Waals surface area contributed by atoms with Gasteiger partial charge in [0.25, 0.3) is 0 Å².